The average molecular weight is 249 g/mol. The quantitative estimate of drug-likeness (QED) is 0.686. The summed E-state index contributed by atoms with van der Waals surface area (Å²) < 4.78 is 4.72. The van der Waals surface area contributed by atoms with E-state index in [9.17, 15) is 0 Å². The van der Waals surface area contributed by atoms with Crippen molar-refractivity contribution in [3.8, 4) is 0 Å². The standard InChI is InChI=1S/C8H10.C4H5NO.2C2H6/c1-2-8-6-4-3-5-7-8;1-4-5-2-3-6-4;2*1-2/h3-7H,2H2,1H3;2-3H,1H3;2*1-2H3. The molecule has 0 atom stereocenters. The highest BCUT2D eigenvalue weighted by Crippen LogP contribution is 1.96. The fourth-order valence-electron chi connectivity index (χ4n) is 1.01. The van der Waals surface area contributed by atoms with Crippen LogP contribution in [0.15, 0.2) is 47.2 Å². The van der Waals surface area contributed by atoms with Gasteiger partial charge in [-0.15, -0.1) is 0 Å². The number of benzene rings is 1. The predicted octanol–water partition coefficient (Wildman–Crippen LogP) is 5.28. The van der Waals surface area contributed by atoms with Gasteiger partial charge in [0, 0.05) is 6.92 Å². The van der Waals surface area contributed by atoms with E-state index in [1.54, 1.807) is 19.4 Å². The van der Waals surface area contributed by atoms with Gasteiger partial charge >= 0.3 is 0 Å². The van der Waals surface area contributed by atoms with Gasteiger partial charge in [0.05, 0.1) is 6.20 Å². The van der Waals surface area contributed by atoms with Crippen LogP contribution in [0.1, 0.15) is 46.1 Å². The van der Waals surface area contributed by atoms with Gasteiger partial charge in [0.2, 0.25) is 0 Å². The zero-order valence-corrected chi connectivity index (χ0v) is 12.6. The van der Waals surface area contributed by atoms with Crippen molar-refractivity contribution in [2.45, 2.75) is 48.0 Å². The highest BCUT2D eigenvalue weighted by molar-refractivity contribution is 5.13. The van der Waals surface area contributed by atoms with Gasteiger partial charge in [-0.25, -0.2) is 4.98 Å². The maximum atomic E-state index is 4.72. The first-order valence-electron chi connectivity index (χ1n) is 6.73. The van der Waals surface area contributed by atoms with Crippen LogP contribution in [0.25, 0.3) is 0 Å². The van der Waals surface area contributed by atoms with Crippen LogP contribution in [0.2, 0.25) is 0 Å². The summed E-state index contributed by atoms with van der Waals surface area (Å²) in [7, 11) is 0. The number of nitrogens with zero attached hydrogens (tertiary/aromatic N) is 1. The molecular formula is C16H27NO. The van der Waals surface area contributed by atoms with E-state index >= 15 is 0 Å². The molecule has 0 aliphatic rings. The van der Waals surface area contributed by atoms with Gasteiger partial charge in [-0.1, -0.05) is 65.0 Å². The number of rotatable bonds is 1. The van der Waals surface area contributed by atoms with E-state index in [0.717, 1.165) is 12.3 Å². The van der Waals surface area contributed by atoms with Gasteiger partial charge in [-0.3, -0.25) is 0 Å². The minimum absolute atomic E-state index is 0.718. The van der Waals surface area contributed by atoms with Crippen molar-refractivity contribution in [1.82, 2.24) is 4.98 Å². The first-order valence-corrected chi connectivity index (χ1v) is 6.73. The fraction of sp³-hybridized carbons (Fsp3) is 0.438. The molecule has 0 aliphatic heterocycles. The number of aromatic nitrogens is 1. The van der Waals surface area contributed by atoms with Crippen LogP contribution in [0.3, 0.4) is 0 Å². The minimum Gasteiger partial charge on any atom is -0.449 e. The second-order valence-corrected chi connectivity index (χ2v) is 2.89. The third-order valence-electron chi connectivity index (χ3n) is 1.81. The molecule has 0 radical (unpaired) electrons. The Balaban J connectivity index is 0. The first-order chi connectivity index (χ1) is 8.83. The van der Waals surface area contributed by atoms with E-state index in [2.05, 4.69) is 36.2 Å². The molecule has 102 valence electrons. The van der Waals surface area contributed by atoms with Crippen molar-refractivity contribution in [3.63, 3.8) is 0 Å². The number of hydrogen-bond donors (Lipinski definition) is 0. The molecule has 1 aromatic carbocycles. The molecule has 0 saturated carbocycles. The van der Waals surface area contributed by atoms with Crippen LogP contribution < -0.4 is 0 Å². The Morgan fingerprint density at radius 1 is 1.00 bits per heavy atom. The van der Waals surface area contributed by atoms with Gasteiger partial charge in [0.15, 0.2) is 5.89 Å². The Morgan fingerprint density at radius 2 is 1.56 bits per heavy atom. The second-order valence-electron chi connectivity index (χ2n) is 2.89. The Morgan fingerprint density at radius 3 is 1.78 bits per heavy atom. The zero-order valence-electron chi connectivity index (χ0n) is 12.6. The molecule has 2 rings (SSSR count). The van der Waals surface area contributed by atoms with Gasteiger partial charge in [0.1, 0.15) is 6.26 Å². The maximum Gasteiger partial charge on any atom is 0.190 e. The molecule has 0 N–H and O–H groups in total. The smallest absolute Gasteiger partial charge is 0.190 e. The molecule has 2 nitrogen and oxygen atoms in total. The second kappa shape index (κ2) is 15.4. The highest BCUT2D eigenvalue weighted by Gasteiger charge is 1.80. The number of hydrogen-bond acceptors (Lipinski definition) is 2. The van der Waals surface area contributed by atoms with Gasteiger partial charge in [-0.05, 0) is 12.0 Å². The maximum absolute atomic E-state index is 4.72. The highest BCUT2D eigenvalue weighted by atomic mass is 16.3. The summed E-state index contributed by atoms with van der Waals surface area (Å²) in [5, 5.41) is 0. The third-order valence-corrected chi connectivity index (χ3v) is 1.81. The van der Waals surface area contributed by atoms with Gasteiger partial charge < -0.3 is 4.42 Å². The van der Waals surface area contributed by atoms with Crippen molar-refractivity contribution in [3.05, 3.63) is 54.2 Å². The Kier molecular flexibility index (Phi) is 16.1. The van der Waals surface area contributed by atoms with Crippen LogP contribution in [-0.4, -0.2) is 4.98 Å². The van der Waals surface area contributed by atoms with Gasteiger partial charge in [0.25, 0.3) is 0 Å². The van der Waals surface area contributed by atoms with Crippen LogP contribution in [0, 0.1) is 6.92 Å². The normalized spacial score (nSPS) is 7.67. The van der Waals surface area contributed by atoms with E-state index in [4.69, 9.17) is 4.42 Å². The molecule has 0 bridgehead atoms. The lowest BCUT2D eigenvalue weighted by atomic mass is 10.2. The summed E-state index contributed by atoms with van der Waals surface area (Å²) in [6.45, 7) is 12.0. The summed E-state index contributed by atoms with van der Waals surface area (Å²) in [5.41, 5.74) is 1.41. The summed E-state index contributed by atoms with van der Waals surface area (Å²) in [6.07, 6.45) is 4.31. The lowest BCUT2D eigenvalue weighted by Gasteiger charge is -1.89. The Labute approximate surface area is 112 Å². The Bertz CT molecular complexity index is 327. The van der Waals surface area contributed by atoms with E-state index in [1.165, 1.54) is 5.56 Å². The largest absolute Gasteiger partial charge is 0.449 e. The topological polar surface area (TPSA) is 26.0 Å². The third kappa shape index (κ3) is 10.9. The van der Waals surface area contributed by atoms with Crippen molar-refractivity contribution < 1.29 is 4.42 Å². The number of aryl methyl sites for hydroxylation is 2. The lowest BCUT2D eigenvalue weighted by Crippen LogP contribution is -1.73. The monoisotopic (exact) mass is 249 g/mol. The van der Waals surface area contributed by atoms with E-state index in [-0.39, 0.29) is 0 Å². The van der Waals surface area contributed by atoms with Crippen molar-refractivity contribution in [1.29, 1.82) is 0 Å². The Hall–Kier alpha value is -1.57. The lowest BCUT2D eigenvalue weighted by molar-refractivity contribution is 0.521. The first kappa shape index (κ1) is 18.8. The fourth-order valence-corrected chi connectivity index (χ4v) is 1.01. The molecule has 0 unspecified atom stereocenters. The zero-order chi connectivity index (χ0) is 14.2. The summed E-state index contributed by atoms with van der Waals surface area (Å²) in [5.74, 6) is 0.718. The molecule has 2 heteroatoms. The molecule has 0 aliphatic carbocycles. The van der Waals surface area contributed by atoms with Crippen LogP contribution >= 0.6 is 0 Å². The van der Waals surface area contributed by atoms with E-state index in [1.807, 2.05) is 33.8 Å². The average Bonchev–Trinajstić information content (AvgIpc) is 2.96. The molecule has 0 spiro atoms. The number of oxazole rings is 1. The summed E-state index contributed by atoms with van der Waals surface area (Å²) >= 11 is 0. The molecule has 0 amide bonds. The minimum atomic E-state index is 0.718. The molecule has 0 saturated heterocycles. The van der Waals surface area contributed by atoms with E-state index < -0.39 is 0 Å². The SMILES string of the molecule is CC.CC.CCc1ccccc1.Cc1ncco1. The van der Waals surface area contributed by atoms with Crippen LogP contribution in [0.4, 0.5) is 0 Å². The van der Waals surface area contributed by atoms with Gasteiger partial charge in [-0.2, -0.15) is 0 Å². The molecule has 1 heterocycles. The van der Waals surface area contributed by atoms with Crippen molar-refractivity contribution in [2.24, 2.45) is 0 Å². The molecule has 1 aromatic heterocycles. The van der Waals surface area contributed by atoms with E-state index in [0.29, 0.717) is 0 Å². The molecule has 0 fully saturated rings. The van der Waals surface area contributed by atoms with Crippen molar-refractivity contribution in [2.75, 3.05) is 0 Å². The molecule has 18 heavy (non-hydrogen) atoms. The van der Waals surface area contributed by atoms with Crippen LogP contribution in [-0.2, 0) is 6.42 Å². The van der Waals surface area contributed by atoms with Crippen molar-refractivity contribution >= 4 is 0 Å². The predicted molar refractivity (Wildman–Crippen MR) is 79.8 cm³/mol. The van der Waals surface area contributed by atoms with Crippen LogP contribution in [0.5, 0.6) is 0 Å². The summed E-state index contributed by atoms with van der Waals surface area (Å²) in [4.78, 5) is 3.75. The molecule has 2 aromatic rings. The summed E-state index contributed by atoms with van der Waals surface area (Å²) in [6, 6.07) is 10.5. The molecular weight excluding hydrogens is 222 g/mol.